The molecule has 5 nitrogen and oxygen atoms in total. The minimum absolute atomic E-state index is 0.0666. The van der Waals surface area contributed by atoms with Crippen molar-refractivity contribution in [2.45, 2.75) is 26.3 Å². The molecule has 0 spiro atoms. The number of urea groups is 1. The number of nitrogens with zero attached hydrogens (tertiary/aromatic N) is 1. The Morgan fingerprint density at radius 1 is 1.00 bits per heavy atom. The molecular formula is C21H25N3O2. The number of carbonyl (C=O) groups excluding carboxylic acids is 2. The van der Waals surface area contributed by atoms with E-state index in [-0.39, 0.29) is 11.9 Å². The third-order valence-electron chi connectivity index (χ3n) is 4.76. The lowest BCUT2D eigenvalue weighted by molar-refractivity contribution is 0.0697. The summed E-state index contributed by atoms with van der Waals surface area (Å²) in [6.07, 6.45) is 2.12. The van der Waals surface area contributed by atoms with E-state index in [2.05, 4.69) is 17.6 Å². The van der Waals surface area contributed by atoms with Gasteiger partial charge >= 0.3 is 6.03 Å². The molecule has 1 saturated heterocycles. The van der Waals surface area contributed by atoms with Crippen molar-refractivity contribution in [2.75, 3.05) is 18.4 Å². The van der Waals surface area contributed by atoms with E-state index in [1.165, 1.54) is 0 Å². The first-order valence-corrected chi connectivity index (χ1v) is 9.10. The average Bonchev–Trinajstić information content (AvgIpc) is 2.68. The summed E-state index contributed by atoms with van der Waals surface area (Å²) in [5, 5.41) is 5.60. The second kappa shape index (κ2) is 8.52. The lowest BCUT2D eigenvalue weighted by Crippen LogP contribution is -2.37. The number of benzene rings is 2. The summed E-state index contributed by atoms with van der Waals surface area (Å²) in [7, 11) is 0. The van der Waals surface area contributed by atoms with Crippen molar-refractivity contribution < 1.29 is 9.59 Å². The van der Waals surface area contributed by atoms with Crippen molar-refractivity contribution in [1.82, 2.24) is 10.2 Å². The summed E-state index contributed by atoms with van der Waals surface area (Å²) in [5.74, 6) is 0.761. The first kappa shape index (κ1) is 18.0. The number of carbonyl (C=O) groups is 2. The second-order valence-corrected chi connectivity index (χ2v) is 6.85. The van der Waals surface area contributed by atoms with Crippen LogP contribution in [0.4, 0.5) is 10.5 Å². The molecule has 1 heterocycles. The number of rotatable bonds is 4. The molecule has 2 aromatic carbocycles. The van der Waals surface area contributed by atoms with Crippen molar-refractivity contribution in [3.05, 3.63) is 65.7 Å². The maximum Gasteiger partial charge on any atom is 0.319 e. The monoisotopic (exact) mass is 351 g/mol. The predicted octanol–water partition coefficient (Wildman–Crippen LogP) is 3.88. The van der Waals surface area contributed by atoms with Gasteiger partial charge in [-0.25, -0.2) is 4.79 Å². The molecule has 5 heteroatoms. The minimum atomic E-state index is -0.266. The van der Waals surface area contributed by atoms with Crippen LogP contribution in [0, 0.1) is 5.92 Å². The Kier molecular flexibility index (Phi) is 5.89. The Morgan fingerprint density at radius 2 is 1.65 bits per heavy atom. The lowest BCUT2D eigenvalue weighted by atomic mass is 9.98. The zero-order chi connectivity index (χ0) is 18.4. The number of piperidine rings is 1. The topological polar surface area (TPSA) is 61.4 Å². The van der Waals surface area contributed by atoms with E-state index in [1.807, 2.05) is 35.2 Å². The third-order valence-corrected chi connectivity index (χ3v) is 4.76. The maximum atomic E-state index is 12.5. The molecule has 136 valence electrons. The van der Waals surface area contributed by atoms with Gasteiger partial charge in [0.05, 0.1) is 0 Å². The van der Waals surface area contributed by atoms with Gasteiger partial charge in [-0.2, -0.15) is 0 Å². The number of hydrogen-bond acceptors (Lipinski definition) is 2. The second-order valence-electron chi connectivity index (χ2n) is 6.85. The average molecular weight is 351 g/mol. The van der Waals surface area contributed by atoms with Gasteiger partial charge in [-0.3, -0.25) is 4.79 Å². The zero-order valence-corrected chi connectivity index (χ0v) is 15.1. The maximum absolute atomic E-state index is 12.5. The Hall–Kier alpha value is -2.82. The van der Waals surface area contributed by atoms with E-state index in [1.54, 1.807) is 24.3 Å². The third kappa shape index (κ3) is 4.85. The normalized spacial score (nSPS) is 14.7. The largest absolute Gasteiger partial charge is 0.339 e. The van der Waals surface area contributed by atoms with Crippen molar-refractivity contribution in [1.29, 1.82) is 0 Å². The summed E-state index contributed by atoms with van der Waals surface area (Å²) in [6, 6.07) is 16.5. The highest BCUT2D eigenvalue weighted by Crippen LogP contribution is 2.19. The van der Waals surface area contributed by atoms with Crippen molar-refractivity contribution in [2.24, 2.45) is 5.92 Å². The van der Waals surface area contributed by atoms with E-state index in [0.29, 0.717) is 23.7 Å². The Bertz CT molecular complexity index is 736. The molecule has 0 unspecified atom stereocenters. The van der Waals surface area contributed by atoms with Crippen LogP contribution in [0.1, 0.15) is 35.7 Å². The molecule has 1 fully saturated rings. The number of amides is 3. The van der Waals surface area contributed by atoms with Gasteiger partial charge in [0.1, 0.15) is 0 Å². The Labute approximate surface area is 154 Å². The summed E-state index contributed by atoms with van der Waals surface area (Å²) < 4.78 is 0. The van der Waals surface area contributed by atoms with E-state index < -0.39 is 0 Å². The summed E-state index contributed by atoms with van der Waals surface area (Å²) >= 11 is 0. The number of nitrogens with one attached hydrogen (secondary N) is 2. The van der Waals surface area contributed by atoms with Gasteiger partial charge in [0.2, 0.25) is 0 Å². The fourth-order valence-electron chi connectivity index (χ4n) is 3.04. The standard InChI is InChI=1S/C21H25N3O2/c1-16-11-13-24(14-12-16)20(25)18-7-9-19(10-8-18)23-21(26)22-15-17-5-3-2-4-6-17/h2-10,16H,11-15H2,1H3,(H2,22,23,26). The van der Waals surface area contributed by atoms with Crippen LogP contribution in [0.15, 0.2) is 54.6 Å². The van der Waals surface area contributed by atoms with Gasteiger partial charge in [0.15, 0.2) is 0 Å². The molecule has 3 amide bonds. The fraction of sp³-hybridized carbons (Fsp3) is 0.333. The van der Waals surface area contributed by atoms with Crippen LogP contribution in [0.3, 0.4) is 0 Å². The number of hydrogen-bond donors (Lipinski definition) is 2. The molecule has 3 rings (SSSR count). The highest BCUT2D eigenvalue weighted by Gasteiger charge is 2.21. The Balaban J connectivity index is 1.51. The molecular weight excluding hydrogens is 326 g/mol. The number of likely N-dealkylation sites (tertiary alicyclic amines) is 1. The molecule has 2 aromatic rings. The van der Waals surface area contributed by atoms with E-state index in [0.717, 1.165) is 31.5 Å². The van der Waals surface area contributed by atoms with Crippen LogP contribution >= 0.6 is 0 Å². The zero-order valence-electron chi connectivity index (χ0n) is 15.1. The molecule has 2 N–H and O–H groups in total. The van der Waals surface area contributed by atoms with Gasteiger partial charge in [0.25, 0.3) is 5.91 Å². The highest BCUT2D eigenvalue weighted by molar-refractivity contribution is 5.95. The van der Waals surface area contributed by atoms with Crippen molar-refractivity contribution in [3.8, 4) is 0 Å². The quantitative estimate of drug-likeness (QED) is 0.878. The van der Waals surface area contributed by atoms with E-state index in [9.17, 15) is 9.59 Å². The summed E-state index contributed by atoms with van der Waals surface area (Å²) in [5.41, 5.74) is 2.37. The summed E-state index contributed by atoms with van der Waals surface area (Å²) in [6.45, 7) is 4.34. The molecule has 0 bridgehead atoms. The van der Waals surface area contributed by atoms with Crippen molar-refractivity contribution in [3.63, 3.8) is 0 Å². The summed E-state index contributed by atoms with van der Waals surface area (Å²) in [4.78, 5) is 26.4. The van der Waals surface area contributed by atoms with Gasteiger partial charge in [-0.15, -0.1) is 0 Å². The van der Waals surface area contributed by atoms with Gasteiger partial charge < -0.3 is 15.5 Å². The van der Waals surface area contributed by atoms with Crippen LogP contribution in [0.25, 0.3) is 0 Å². The van der Waals surface area contributed by atoms with E-state index >= 15 is 0 Å². The van der Waals surface area contributed by atoms with Crippen LogP contribution in [0.2, 0.25) is 0 Å². The first-order valence-electron chi connectivity index (χ1n) is 9.10. The Morgan fingerprint density at radius 3 is 2.31 bits per heavy atom. The molecule has 0 radical (unpaired) electrons. The molecule has 0 aliphatic carbocycles. The molecule has 1 aliphatic heterocycles. The number of anilines is 1. The first-order chi connectivity index (χ1) is 12.6. The van der Waals surface area contributed by atoms with Crippen LogP contribution in [-0.4, -0.2) is 29.9 Å². The fourth-order valence-corrected chi connectivity index (χ4v) is 3.04. The lowest BCUT2D eigenvalue weighted by Gasteiger charge is -2.30. The SMILES string of the molecule is CC1CCN(C(=O)c2ccc(NC(=O)NCc3ccccc3)cc2)CC1. The van der Waals surface area contributed by atoms with Gasteiger partial charge in [0, 0.05) is 30.9 Å². The van der Waals surface area contributed by atoms with Crippen LogP contribution < -0.4 is 10.6 Å². The van der Waals surface area contributed by atoms with Gasteiger partial charge in [-0.05, 0) is 48.6 Å². The molecule has 0 atom stereocenters. The van der Waals surface area contributed by atoms with Gasteiger partial charge in [-0.1, -0.05) is 37.3 Å². The molecule has 26 heavy (non-hydrogen) atoms. The molecule has 1 aliphatic rings. The minimum Gasteiger partial charge on any atom is -0.339 e. The van der Waals surface area contributed by atoms with E-state index in [4.69, 9.17) is 0 Å². The van der Waals surface area contributed by atoms with Crippen molar-refractivity contribution >= 4 is 17.6 Å². The van der Waals surface area contributed by atoms with Crippen LogP contribution in [-0.2, 0) is 6.54 Å². The molecule has 0 aromatic heterocycles. The predicted molar refractivity (Wildman–Crippen MR) is 103 cm³/mol. The smallest absolute Gasteiger partial charge is 0.319 e. The highest BCUT2D eigenvalue weighted by atomic mass is 16.2. The van der Waals surface area contributed by atoms with Crippen LogP contribution in [0.5, 0.6) is 0 Å². The molecule has 0 saturated carbocycles.